The Labute approximate surface area is 173 Å². The highest BCUT2D eigenvalue weighted by atomic mass is 32.2. The van der Waals surface area contributed by atoms with E-state index in [1.807, 2.05) is 6.07 Å². The number of aromatic nitrogens is 1. The molecule has 7 nitrogen and oxygen atoms in total. The zero-order valence-corrected chi connectivity index (χ0v) is 16.9. The molecule has 0 fully saturated rings. The van der Waals surface area contributed by atoms with Crippen LogP contribution in [0.4, 0.5) is 4.39 Å². The van der Waals surface area contributed by atoms with Crippen molar-refractivity contribution in [1.82, 2.24) is 13.6 Å². The molecular weight excluding hydrogens is 407 g/mol. The molecule has 2 N–H and O–H groups in total. The molecule has 0 amide bonds. The van der Waals surface area contributed by atoms with Crippen LogP contribution in [0.15, 0.2) is 48.8 Å². The highest BCUT2D eigenvalue weighted by molar-refractivity contribution is 7.86. The minimum Gasteiger partial charge on any atom is -0.506 e. The third-order valence-corrected chi connectivity index (χ3v) is 7.05. The molecule has 0 saturated carbocycles. The molecule has 0 bridgehead atoms. The topological polar surface area (TPSA) is 100 Å². The number of aromatic amines is 1. The van der Waals surface area contributed by atoms with Crippen molar-refractivity contribution in [3.05, 3.63) is 71.3 Å². The minimum atomic E-state index is -4.01. The predicted molar refractivity (Wildman–Crippen MR) is 111 cm³/mol. The van der Waals surface area contributed by atoms with E-state index in [1.54, 1.807) is 30.5 Å². The third-order valence-electron chi connectivity index (χ3n) is 5.22. The molecule has 30 heavy (non-hydrogen) atoms. The van der Waals surface area contributed by atoms with E-state index < -0.39 is 22.1 Å². The van der Waals surface area contributed by atoms with Gasteiger partial charge in [0.1, 0.15) is 11.6 Å². The average Bonchev–Trinajstić information content (AvgIpc) is 3.16. The van der Waals surface area contributed by atoms with Crippen LogP contribution in [0.1, 0.15) is 29.2 Å². The maximum atomic E-state index is 14.2. The number of rotatable bonds is 5. The maximum absolute atomic E-state index is 14.2. The summed E-state index contributed by atoms with van der Waals surface area (Å²) in [7, 11) is -2.61. The molecule has 0 radical (unpaired) electrons. The van der Waals surface area contributed by atoms with E-state index in [-0.39, 0.29) is 18.7 Å². The van der Waals surface area contributed by atoms with E-state index in [2.05, 4.69) is 4.98 Å². The first-order chi connectivity index (χ1) is 14.3. The highest BCUT2D eigenvalue weighted by Gasteiger charge is 2.37. The van der Waals surface area contributed by atoms with Crippen molar-refractivity contribution in [1.29, 1.82) is 5.26 Å². The van der Waals surface area contributed by atoms with E-state index in [9.17, 15) is 17.9 Å². The lowest BCUT2D eigenvalue weighted by Crippen LogP contribution is -2.42. The summed E-state index contributed by atoms with van der Waals surface area (Å²) >= 11 is 0. The number of halogens is 1. The van der Waals surface area contributed by atoms with Crippen molar-refractivity contribution < 1.29 is 17.9 Å². The van der Waals surface area contributed by atoms with Crippen LogP contribution >= 0.6 is 0 Å². The zero-order chi connectivity index (χ0) is 21.5. The van der Waals surface area contributed by atoms with Crippen molar-refractivity contribution in [2.24, 2.45) is 0 Å². The molecule has 154 valence electrons. The smallest absolute Gasteiger partial charge is 0.304 e. The molecule has 0 spiro atoms. The maximum Gasteiger partial charge on any atom is 0.304 e. The summed E-state index contributed by atoms with van der Waals surface area (Å²) in [5.41, 5.74) is 2.23. The Hall–Kier alpha value is -3.35. The number of hydrogen-bond acceptors (Lipinski definition) is 4. The average molecular weight is 426 g/mol. The number of para-hydroxylation sites is 1. The van der Waals surface area contributed by atoms with Crippen LogP contribution < -0.4 is 0 Å². The number of phenolic OH excluding ortho intramolecular Hbond substituents is 1. The van der Waals surface area contributed by atoms with Crippen molar-refractivity contribution in [2.45, 2.75) is 12.5 Å². The summed E-state index contributed by atoms with van der Waals surface area (Å²) in [4.78, 5) is 2.99. The molecule has 1 aromatic heterocycles. The van der Waals surface area contributed by atoms with Crippen LogP contribution in [0, 0.1) is 17.1 Å². The molecule has 0 saturated heterocycles. The lowest BCUT2D eigenvalue weighted by atomic mass is 9.92. The Bertz CT molecular complexity index is 1290. The normalized spacial score (nSPS) is 16.1. The first-order valence-corrected chi connectivity index (χ1v) is 10.6. The lowest BCUT2D eigenvalue weighted by Gasteiger charge is -2.36. The van der Waals surface area contributed by atoms with Crippen LogP contribution in [-0.4, -0.2) is 40.7 Å². The molecule has 2 heterocycles. The van der Waals surface area contributed by atoms with Gasteiger partial charge in [0.15, 0.2) is 0 Å². The molecule has 3 aromatic rings. The van der Waals surface area contributed by atoms with Gasteiger partial charge in [-0.3, -0.25) is 4.31 Å². The van der Waals surface area contributed by atoms with Gasteiger partial charge in [0, 0.05) is 43.4 Å². The summed E-state index contributed by atoms with van der Waals surface area (Å²) in [5.74, 6) is -0.447. The van der Waals surface area contributed by atoms with Crippen LogP contribution in [0.3, 0.4) is 0 Å². The van der Waals surface area contributed by atoms with Gasteiger partial charge >= 0.3 is 10.2 Å². The van der Waals surface area contributed by atoms with Gasteiger partial charge in [-0.15, -0.1) is 0 Å². The van der Waals surface area contributed by atoms with Gasteiger partial charge in [-0.2, -0.15) is 18.0 Å². The number of nitrogens with zero attached hydrogens (tertiary/aromatic N) is 3. The number of aromatic hydroxyl groups is 1. The fraction of sp³-hybridized carbons (Fsp3) is 0.190. The van der Waals surface area contributed by atoms with Gasteiger partial charge in [-0.25, -0.2) is 4.39 Å². The second-order valence-electron chi connectivity index (χ2n) is 7.00. The molecular formula is C21H19FN4O3S. The van der Waals surface area contributed by atoms with Gasteiger partial charge in [-0.05, 0) is 35.4 Å². The summed E-state index contributed by atoms with van der Waals surface area (Å²) < 4.78 is 43.1. The molecule has 1 atom stereocenters. The first kappa shape index (κ1) is 19.9. The van der Waals surface area contributed by atoms with Crippen LogP contribution in [0.25, 0.3) is 17.0 Å². The number of phenols is 1. The highest BCUT2D eigenvalue weighted by Crippen LogP contribution is 2.42. The zero-order valence-electron chi connectivity index (χ0n) is 16.1. The third kappa shape index (κ3) is 3.20. The Morgan fingerprint density at radius 1 is 1.30 bits per heavy atom. The standard InChI is InChI=1S/C21H19FN4O3S/c1-25(10-3-9-23)30(28,29)26-11-8-14-6-7-15(22)12-17(14)21(26)18-13-24-20-16(18)4-2-5-19(20)27/h2,4-8,11-13,21,24,27H,3,10H2,1H3. The number of benzene rings is 2. The van der Waals surface area contributed by atoms with Crippen molar-refractivity contribution in [3.63, 3.8) is 0 Å². The molecule has 2 aromatic carbocycles. The van der Waals surface area contributed by atoms with E-state index in [4.69, 9.17) is 5.26 Å². The monoisotopic (exact) mass is 426 g/mol. The minimum absolute atomic E-state index is 0.0283. The summed E-state index contributed by atoms with van der Waals surface area (Å²) in [6.45, 7) is 0.0283. The number of hydrogen-bond donors (Lipinski definition) is 2. The summed E-state index contributed by atoms with van der Waals surface area (Å²) in [5, 5.41) is 19.6. The van der Waals surface area contributed by atoms with Crippen LogP contribution in [0.5, 0.6) is 5.75 Å². The molecule has 9 heteroatoms. The molecule has 0 aliphatic carbocycles. The van der Waals surface area contributed by atoms with Gasteiger partial charge < -0.3 is 10.1 Å². The van der Waals surface area contributed by atoms with Gasteiger partial charge in [0.05, 0.1) is 17.6 Å². The fourth-order valence-electron chi connectivity index (χ4n) is 3.70. The molecule has 4 rings (SSSR count). The Kier molecular flexibility index (Phi) is 4.97. The molecule has 1 unspecified atom stereocenters. The fourth-order valence-corrected chi connectivity index (χ4v) is 5.05. The van der Waals surface area contributed by atoms with Gasteiger partial charge in [-0.1, -0.05) is 18.2 Å². The number of nitrogens with one attached hydrogen (secondary N) is 1. The molecule has 1 aliphatic rings. The largest absolute Gasteiger partial charge is 0.506 e. The molecule has 1 aliphatic heterocycles. The predicted octanol–water partition coefficient (Wildman–Crippen LogP) is 3.48. The van der Waals surface area contributed by atoms with E-state index in [0.29, 0.717) is 27.6 Å². The van der Waals surface area contributed by atoms with Crippen molar-refractivity contribution in [3.8, 4) is 11.8 Å². The van der Waals surface area contributed by atoms with E-state index in [0.717, 1.165) is 4.31 Å². The Morgan fingerprint density at radius 2 is 2.10 bits per heavy atom. The Balaban J connectivity index is 1.92. The number of H-pyrrole nitrogens is 1. The van der Waals surface area contributed by atoms with E-state index in [1.165, 1.54) is 35.8 Å². The first-order valence-electron chi connectivity index (χ1n) is 9.23. The van der Waals surface area contributed by atoms with Crippen molar-refractivity contribution in [2.75, 3.05) is 13.6 Å². The second kappa shape index (κ2) is 7.48. The van der Waals surface area contributed by atoms with Gasteiger partial charge in [0.25, 0.3) is 0 Å². The summed E-state index contributed by atoms with van der Waals surface area (Å²) in [6, 6.07) is 10.3. The lowest BCUT2D eigenvalue weighted by molar-refractivity contribution is 0.384. The SMILES string of the molecule is CN(CCC#N)S(=O)(=O)N1C=Cc2ccc(F)cc2C1c1c[nH]c2c(O)cccc12. The summed E-state index contributed by atoms with van der Waals surface area (Å²) in [6.07, 6.45) is 4.74. The van der Waals surface area contributed by atoms with E-state index >= 15 is 0 Å². The number of fused-ring (bicyclic) bond motifs is 2. The Morgan fingerprint density at radius 3 is 2.87 bits per heavy atom. The van der Waals surface area contributed by atoms with Crippen LogP contribution in [0.2, 0.25) is 0 Å². The van der Waals surface area contributed by atoms with Crippen LogP contribution in [-0.2, 0) is 10.2 Å². The van der Waals surface area contributed by atoms with Crippen molar-refractivity contribution >= 4 is 27.2 Å². The second-order valence-corrected chi connectivity index (χ2v) is 8.94. The quantitative estimate of drug-likeness (QED) is 0.652. The number of nitriles is 1. The van der Waals surface area contributed by atoms with Gasteiger partial charge in [0.2, 0.25) is 0 Å².